The Morgan fingerprint density at radius 2 is 1.94 bits per heavy atom. The number of phenols is 1. The molecule has 0 atom stereocenters. The maximum atomic E-state index is 12.7. The zero-order valence-electron chi connectivity index (χ0n) is 8.41. The molecular weight excluding hydrogens is 218 g/mol. The first kappa shape index (κ1) is 12.4. The summed E-state index contributed by atoms with van der Waals surface area (Å²) >= 11 is 0. The van der Waals surface area contributed by atoms with E-state index in [-0.39, 0.29) is 11.3 Å². The van der Waals surface area contributed by atoms with Crippen molar-refractivity contribution >= 4 is 5.91 Å². The molecule has 0 saturated carbocycles. The number of nitrogens with one attached hydrogen (secondary N) is 1. The summed E-state index contributed by atoms with van der Waals surface area (Å²) in [5.41, 5.74) is 5.02. The van der Waals surface area contributed by atoms with E-state index in [0.717, 1.165) is 0 Å². The normalized spacial score (nSPS) is 11.2. The maximum absolute atomic E-state index is 12.7. The molecule has 1 aromatic rings. The number of carbonyl (C=O) groups is 1. The van der Waals surface area contributed by atoms with Crippen LogP contribution >= 0.6 is 0 Å². The van der Waals surface area contributed by atoms with Gasteiger partial charge in [0, 0.05) is 5.56 Å². The van der Waals surface area contributed by atoms with Crippen LogP contribution in [0.3, 0.4) is 0 Å². The average Bonchev–Trinajstić information content (AvgIpc) is 2.27. The maximum Gasteiger partial charge on any atom is 0.277 e. The monoisotopic (exact) mass is 230 g/mol. The lowest BCUT2D eigenvalue weighted by Gasteiger charge is -2.14. The number of aromatic hydroxyl groups is 1. The van der Waals surface area contributed by atoms with Gasteiger partial charge >= 0.3 is 0 Å². The van der Waals surface area contributed by atoms with Gasteiger partial charge in [-0.05, 0) is 24.3 Å². The molecule has 88 valence electrons. The molecule has 0 aromatic heterocycles. The largest absolute Gasteiger partial charge is 0.508 e. The zero-order chi connectivity index (χ0) is 12.2. The Balaban J connectivity index is 2.56. The van der Waals surface area contributed by atoms with E-state index in [2.05, 4.69) is 5.32 Å². The topological polar surface area (TPSA) is 75.3 Å². The standard InChI is InChI=1S/C10H12F2N2O2/c11-10(12,5-13)6-14-9(16)7-1-3-8(15)4-2-7/h1-4,15H,5-6,13H2,(H,14,16). The molecule has 0 heterocycles. The summed E-state index contributed by atoms with van der Waals surface area (Å²) in [7, 11) is 0. The van der Waals surface area contributed by atoms with Crippen molar-refractivity contribution in [3.05, 3.63) is 29.8 Å². The minimum atomic E-state index is -3.10. The summed E-state index contributed by atoms with van der Waals surface area (Å²) in [5, 5.41) is 11.0. The molecule has 4 N–H and O–H groups in total. The fourth-order valence-electron chi connectivity index (χ4n) is 0.997. The third-order valence-corrected chi connectivity index (χ3v) is 1.94. The van der Waals surface area contributed by atoms with Crippen LogP contribution in [0.15, 0.2) is 24.3 Å². The van der Waals surface area contributed by atoms with Gasteiger partial charge in [0.2, 0.25) is 0 Å². The van der Waals surface area contributed by atoms with Gasteiger partial charge in [-0.25, -0.2) is 8.78 Å². The number of benzene rings is 1. The molecule has 0 spiro atoms. The van der Waals surface area contributed by atoms with Crippen LogP contribution in [-0.4, -0.2) is 30.0 Å². The van der Waals surface area contributed by atoms with Crippen LogP contribution in [0.5, 0.6) is 5.75 Å². The molecular formula is C10H12F2N2O2. The van der Waals surface area contributed by atoms with E-state index in [1.165, 1.54) is 24.3 Å². The lowest BCUT2D eigenvalue weighted by atomic mass is 10.2. The van der Waals surface area contributed by atoms with Crippen molar-refractivity contribution in [2.45, 2.75) is 5.92 Å². The Kier molecular flexibility index (Phi) is 3.78. The fraction of sp³-hybridized carbons (Fsp3) is 0.300. The number of halogens is 2. The summed E-state index contributed by atoms with van der Waals surface area (Å²) < 4.78 is 25.4. The van der Waals surface area contributed by atoms with Crippen LogP contribution in [-0.2, 0) is 0 Å². The number of carbonyl (C=O) groups excluding carboxylic acids is 1. The summed E-state index contributed by atoms with van der Waals surface area (Å²) in [5.74, 6) is -3.73. The van der Waals surface area contributed by atoms with E-state index < -0.39 is 24.9 Å². The molecule has 1 aromatic carbocycles. The summed E-state index contributed by atoms with van der Waals surface area (Å²) in [6.07, 6.45) is 0. The first-order chi connectivity index (χ1) is 7.44. The molecule has 0 unspecified atom stereocenters. The van der Waals surface area contributed by atoms with Crippen LogP contribution in [0, 0.1) is 0 Å². The molecule has 0 radical (unpaired) electrons. The molecule has 0 fully saturated rings. The van der Waals surface area contributed by atoms with E-state index in [1.807, 2.05) is 0 Å². The highest BCUT2D eigenvalue weighted by Crippen LogP contribution is 2.11. The Morgan fingerprint density at radius 3 is 2.44 bits per heavy atom. The van der Waals surface area contributed by atoms with E-state index in [0.29, 0.717) is 0 Å². The predicted octanol–water partition coefficient (Wildman–Crippen LogP) is 0.716. The van der Waals surface area contributed by atoms with E-state index in [1.54, 1.807) is 0 Å². The third kappa shape index (κ3) is 3.47. The van der Waals surface area contributed by atoms with Crippen molar-refractivity contribution in [1.29, 1.82) is 0 Å². The van der Waals surface area contributed by atoms with Gasteiger partial charge in [-0.3, -0.25) is 4.79 Å². The van der Waals surface area contributed by atoms with Crippen molar-refractivity contribution < 1.29 is 18.7 Å². The van der Waals surface area contributed by atoms with Crippen LogP contribution in [0.25, 0.3) is 0 Å². The van der Waals surface area contributed by atoms with Gasteiger partial charge in [-0.1, -0.05) is 0 Å². The van der Waals surface area contributed by atoms with Gasteiger partial charge in [0.05, 0.1) is 13.1 Å². The van der Waals surface area contributed by atoms with Crippen molar-refractivity contribution in [2.24, 2.45) is 5.73 Å². The molecule has 0 saturated heterocycles. The highest BCUT2D eigenvalue weighted by atomic mass is 19.3. The average molecular weight is 230 g/mol. The Morgan fingerprint density at radius 1 is 1.38 bits per heavy atom. The molecule has 0 aliphatic carbocycles. The van der Waals surface area contributed by atoms with Crippen LogP contribution in [0.1, 0.15) is 10.4 Å². The molecule has 16 heavy (non-hydrogen) atoms. The second-order valence-electron chi connectivity index (χ2n) is 3.29. The van der Waals surface area contributed by atoms with Crippen molar-refractivity contribution in [3.8, 4) is 5.75 Å². The van der Waals surface area contributed by atoms with Gasteiger partial charge < -0.3 is 16.2 Å². The Bertz CT molecular complexity index is 366. The summed E-state index contributed by atoms with van der Waals surface area (Å²) in [6.45, 7) is -1.62. The van der Waals surface area contributed by atoms with Gasteiger partial charge in [-0.15, -0.1) is 0 Å². The quantitative estimate of drug-likeness (QED) is 0.713. The Labute approximate surface area is 91.1 Å². The molecule has 0 aliphatic rings. The highest BCUT2D eigenvalue weighted by molar-refractivity contribution is 5.94. The lowest BCUT2D eigenvalue weighted by Crippen LogP contribution is -2.41. The van der Waals surface area contributed by atoms with Gasteiger partial charge in [0.25, 0.3) is 11.8 Å². The SMILES string of the molecule is NCC(F)(F)CNC(=O)c1ccc(O)cc1. The third-order valence-electron chi connectivity index (χ3n) is 1.94. The van der Waals surface area contributed by atoms with E-state index in [4.69, 9.17) is 10.8 Å². The number of hydrogen-bond donors (Lipinski definition) is 3. The number of amides is 1. The molecule has 1 amide bonds. The predicted molar refractivity (Wildman–Crippen MR) is 54.4 cm³/mol. The first-order valence-corrected chi connectivity index (χ1v) is 4.60. The second-order valence-corrected chi connectivity index (χ2v) is 3.29. The number of rotatable bonds is 4. The fourth-order valence-corrected chi connectivity index (χ4v) is 0.997. The van der Waals surface area contributed by atoms with Gasteiger partial charge in [-0.2, -0.15) is 0 Å². The molecule has 4 nitrogen and oxygen atoms in total. The van der Waals surface area contributed by atoms with Gasteiger partial charge in [0.1, 0.15) is 5.75 Å². The van der Waals surface area contributed by atoms with Crippen LogP contribution in [0.2, 0.25) is 0 Å². The number of alkyl halides is 2. The molecule has 1 rings (SSSR count). The zero-order valence-corrected chi connectivity index (χ0v) is 8.41. The van der Waals surface area contributed by atoms with Crippen molar-refractivity contribution in [1.82, 2.24) is 5.32 Å². The molecule has 0 bridgehead atoms. The smallest absolute Gasteiger partial charge is 0.277 e. The molecule has 0 aliphatic heterocycles. The minimum absolute atomic E-state index is 0.00355. The Hall–Kier alpha value is -1.69. The van der Waals surface area contributed by atoms with Crippen LogP contribution < -0.4 is 11.1 Å². The van der Waals surface area contributed by atoms with Crippen molar-refractivity contribution in [3.63, 3.8) is 0 Å². The van der Waals surface area contributed by atoms with E-state index >= 15 is 0 Å². The summed E-state index contributed by atoms with van der Waals surface area (Å²) in [6, 6.07) is 5.28. The van der Waals surface area contributed by atoms with Crippen molar-refractivity contribution in [2.75, 3.05) is 13.1 Å². The number of nitrogens with two attached hydrogens (primary N) is 1. The van der Waals surface area contributed by atoms with Crippen LogP contribution in [0.4, 0.5) is 8.78 Å². The highest BCUT2D eigenvalue weighted by Gasteiger charge is 2.27. The lowest BCUT2D eigenvalue weighted by molar-refractivity contribution is 0.0118. The minimum Gasteiger partial charge on any atom is -0.508 e. The number of phenolic OH excluding ortho intramolecular Hbond substituents is 1. The van der Waals surface area contributed by atoms with E-state index in [9.17, 15) is 13.6 Å². The second kappa shape index (κ2) is 4.89. The molecule has 6 heteroatoms. The number of hydrogen-bond acceptors (Lipinski definition) is 3. The van der Waals surface area contributed by atoms with Gasteiger partial charge in [0.15, 0.2) is 0 Å². The summed E-state index contributed by atoms with van der Waals surface area (Å²) in [4.78, 5) is 11.4. The first-order valence-electron chi connectivity index (χ1n) is 4.60.